The first-order chi connectivity index (χ1) is 9.60. The molecule has 3 rings (SSSR count). The van der Waals surface area contributed by atoms with E-state index >= 15 is 0 Å². The minimum absolute atomic E-state index is 0.0460. The normalized spacial score (nSPS) is 13.8. The number of aryl methyl sites for hydroxylation is 3. The Labute approximate surface area is 116 Å². The van der Waals surface area contributed by atoms with E-state index in [2.05, 4.69) is 16.5 Å². The lowest BCUT2D eigenvalue weighted by atomic mass is 9.95. The molecule has 1 aromatic heterocycles. The molecule has 0 saturated carbocycles. The Hall–Kier alpha value is -2.30. The molecule has 1 amide bonds. The first-order valence-electron chi connectivity index (χ1n) is 6.54. The molecule has 1 aromatic carbocycles. The second-order valence-corrected chi connectivity index (χ2v) is 4.96. The van der Waals surface area contributed by atoms with Crippen LogP contribution in [0.3, 0.4) is 0 Å². The molecular weight excluding hydrogens is 256 g/mol. The second kappa shape index (κ2) is 4.67. The molecule has 0 saturated heterocycles. The van der Waals surface area contributed by atoms with Crippen molar-refractivity contribution in [1.82, 2.24) is 5.16 Å². The molecule has 1 N–H and O–H groups in total. The molecule has 0 bridgehead atoms. The summed E-state index contributed by atoms with van der Waals surface area (Å²) in [5.41, 5.74) is 4.69. The van der Waals surface area contributed by atoms with Gasteiger partial charge in [0, 0.05) is 23.7 Å². The van der Waals surface area contributed by atoms with Crippen molar-refractivity contribution < 1.29 is 14.1 Å². The average Bonchev–Trinajstić information content (AvgIpc) is 2.76. The number of hydrogen-bond acceptors (Lipinski definition) is 4. The van der Waals surface area contributed by atoms with Gasteiger partial charge in [-0.3, -0.25) is 4.79 Å². The van der Waals surface area contributed by atoms with E-state index in [0.29, 0.717) is 12.2 Å². The highest BCUT2D eigenvalue weighted by Gasteiger charge is 2.21. The molecule has 0 radical (unpaired) electrons. The Morgan fingerprint density at radius 2 is 2.10 bits per heavy atom. The van der Waals surface area contributed by atoms with E-state index < -0.39 is 0 Å². The van der Waals surface area contributed by atoms with Crippen molar-refractivity contribution in [2.45, 2.75) is 26.7 Å². The average molecular weight is 272 g/mol. The number of hydrogen-bond donors (Lipinski definition) is 1. The van der Waals surface area contributed by atoms with E-state index in [1.165, 1.54) is 0 Å². The lowest BCUT2D eigenvalue weighted by molar-refractivity contribution is -0.116. The first kappa shape index (κ1) is 12.7. The quantitative estimate of drug-likeness (QED) is 0.913. The molecule has 0 aliphatic carbocycles. The number of ether oxygens (including phenoxy) is 1. The SMILES string of the molecule is COc1cc2c(cc1-c1c(C)noc1C)CCC(=O)N2. The fourth-order valence-corrected chi connectivity index (χ4v) is 2.64. The number of fused-ring (bicyclic) bond motifs is 1. The van der Waals surface area contributed by atoms with Crippen molar-refractivity contribution in [3.05, 3.63) is 29.2 Å². The minimum Gasteiger partial charge on any atom is -0.496 e. The van der Waals surface area contributed by atoms with Crippen LogP contribution in [0.15, 0.2) is 16.7 Å². The molecule has 0 unspecified atom stereocenters. The van der Waals surface area contributed by atoms with Crippen molar-refractivity contribution in [2.24, 2.45) is 0 Å². The number of methoxy groups -OCH3 is 1. The number of aromatic nitrogens is 1. The smallest absolute Gasteiger partial charge is 0.224 e. The number of nitrogens with one attached hydrogen (secondary N) is 1. The topological polar surface area (TPSA) is 64.4 Å². The largest absolute Gasteiger partial charge is 0.496 e. The van der Waals surface area contributed by atoms with E-state index in [4.69, 9.17) is 9.26 Å². The zero-order valence-corrected chi connectivity index (χ0v) is 11.7. The maximum absolute atomic E-state index is 11.5. The van der Waals surface area contributed by atoms with Crippen LogP contribution in [0, 0.1) is 13.8 Å². The van der Waals surface area contributed by atoms with Crippen LogP contribution in [-0.2, 0) is 11.2 Å². The van der Waals surface area contributed by atoms with Crippen LogP contribution in [0.25, 0.3) is 11.1 Å². The Morgan fingerprint density at radius 3 is 2.75 bits per heavy atom. The predicted octanol–water partition coefficient (Wildman–Crippen LogP) is 2.85. The molecule has 0 spiro atoms. The van der Waals surface area contributed by atoms with Gasteiger partial charge in [0.2, 0.25) is 5.91 Å². The second-order valence-electron chi connectivity index (χ2n) is 4.96. The number of amides is 1. The number of anilines is 1. The fraction of sp³-hybridized carbons (Fsp3) is 0.333. The standard InChI is InChI=1S/C15H16N2O3/c1-8-15(9(2)20-17-8)11-6-10-4-5-14(18)16-12(10)7-13(11)19-3/h6-7H,4-5H2,1-3H3,(H,16,18). The molecule has 0 atom stereocenters. The van der Waals surface area contributed by atoms with Gasteiger partial charge < -0.3 is 14.6 Å². The lowest BCUT2D eigenvalue weighted by Gasteiger charge is -2.20. The highest BCUT2D eigenvalue weighted by atomic mass is 16.5. The summed E-state index contributed by atoms with van der Waals surface area (Å²) in [5.74, 6) is 1.52. The molecule has 20 heavy (non-hydrogen) atoms. The van der Waals surface area contributed by atoms with Crippen molar-refractivity contribution in [3.8, 4) is 16.9 Å². The summed E-state index contributed by atoms with van der Waals surface area (Å²) in [5, 5.41) is 6.87. The summed E-state index contributed by atoms with van der Waals surface area (Å²) in [4.78, 5) is 11.5. The molecule has 2 heterocycles. The minimum atomic E-state index is 0.0460. The van der Waals surface area contributed by atoms with E-state index in [-0.39, 0.29) is 5.91 Å². The number of nitrogens with zero attached hydrogens (tertiary/aromatic N) is 1. The molecule has 2 aromatic rings. The van der Waals surface area contributed by atoms with Crippen LogP contribution in [-0.4, -0.2) is 18.2 Å². The highest BCUT2D eigenvalue weighted by molar-refractivity contribution is 5.95. The van der Waals surface area contributed by atoms with Gasteiger partial charge in [0.15, 0.2) is 0 Å². The van der Waals surface area contributed by atoms with E-state index in [0.717, 1.165) is 40.3 Å². The Kier molecular flexibility index (Phi) is 2.97. The number of benzene rings is 1. The lowest BCUT2D eigenvalue weighted by Crippen LogP contribution is -2.19. The van der Waals surface area contributed by atoms with Crippen LogP contribution in [0.4, 0.5) is 5.69 Å². The fourth-order valence-electron chi connectivity index (χ4n) is 2.64. The third kappa shape index (κ3) is 1.95. The number of carbonyl (C=O) groups is 1. The molecule has 1 aliphatic heterocycles. The summed E-state index contributed by atoms with van der Waals surface area (Å²) in [6.07, 6.45) is 1.25. The maximum atomic E-state index is 11.5. The third-order valence-electron chi connectivity index (χ3n) is 3.62. The Balaban J connectivity index is 2.19. The van der Waals surface area contributed by atoms with Gasteiger partial charge in [0.25, 0.3) is 0 Å². The first-order valence-corrected chi connectivity index (χ1v) is 6.54. The Morgan fingerprint density at radius 1 is 1.30 bits per heavy atom. The Bertz CT molecular complexity index is 669. The van der Waals surface area contributed by atoms with Crippen molar-refractivity contribution in [3.63, 3.8) is 0 Å². The number of rotatable bonds is 2. The van der Waals surface area contributed by atoms with E-state index in [1.807, 2.05) is 19.9 Å². The van der Waals surface area contributed by atoms with Gasteiger partial charge in [0.05, 0.1) is 18.4 Å². The molecular formula is C15H16N2O3. The van der Waals surface area contributed by atoms with Crippen molar-refractivity contribution in [2.75, 3.05) is 12.4 Å². The summed E-state index contributed by atoms with van der Waals surface area (Å²) in [6, 6.07) is 3.92. The van der Waals surface area contributed by atoms with Crippen LogP contribution in [0.2, 0.25) is 0 Å². The third-order valence-corrected chi connectivity index (χ3v) is 3.62. The summed E-state index contributed by atoms with van der Waals surface area (Å²) < 4.78 is 10.7. The van der Waals surface area contributed by atoms with Gasteiger partial charge >= 0.3 is 0 Å². The van der Waals surface area contributed by atoms with E-state index in [9.17, 15) is 4.79 Å². The van der Waals surface area contributed by atoms with Gasteiger partial charge in [-0.05, 0) is 31.9 Å². The van der Waals surface area contributed by atoms with Crippen molar-refractivity contribution >= 4 is 11.6 Å². The molecule has 104 valence electrons. The maximum Gasteiger partial charge on any atom is 0.224 e. The molecule has 5 heteroatoms. The van der Waals surface area contributed by atoms with Gasteiger partial charge in [-0.15, -0.1) is 0 Å². The van der Waals surface area contributed by atoms with Gasteiger partial charge in [-0.25, -0.2) is 0 Å². The summed E-state index contributed by atoms with van der Waals surface area (Å²) in [7, 11) is 1.62. The van der Waals surface area contributed by atoms with Crippen molar-refractivity contribution in [1.29, 1.82) is 0 Å². The van der Waals surface area contributed by atoms with Gasteiger partial charge in [-0.1, -0.05) is 5.16 Å². The molecule has 5 nitrogen and oxygen atoms in total. The number of carbonyl (C=O) groups excluding carboxylic acids is 1. The molecule has 1 aliphatic rings. The van der Waals surface area contributed by atoms with Crippen LogP contribution < -0.4 is 10.1 Å². The van der Waals surface area contributed by atoms with Crippen LogP contribution in [0.1, 0.15) is 23.4 Å². The zero-order chi connectivity index (χ0) is 14.3. The zero-order valence-electron chi connectivity index (χ0n) is 11.7. The molecule has 0 fully saturated rings. The monoisotopic (exact) mass is 272 g/mol. The summed E-state index contributed by atoms with van der Waals surface area (Å²) in [6.45, 7) is 3.79. The van der Waals surface area contributed by atoms with Gasteiger partial charge in [0.1, 0.15) is 11.5 Å². The van der Waals surface area contributed by atoms with Gasteiger partial charge in [-0.2, -0.15) is 0 Å². The van der Waals surface area contributed by atoms with Crippen LogP contribution >= 0.6 is 0 Å². The van der Waals surface area contributed by atoms with Crippen LogP contribution in [0.5, 0.6) is 5.75 Å². The summed E-state index contributed by atoms with van der Waals surface area (Å²) >= 11 is 0. The predicted molar refractivity (Wildman–Crippen MR) is 74.9 cm³/mol. The van der Waals surface area contributed by atoms with E-state index in [1.54, 1.807) is 7.11 Å². The highest BCUT2D eigenvalue weighted by Crippen LogP contribution is 2.39.